The Morgan fingerprint density at radius 2 is 2.24 bits per heavy atom. The zero-order valence-corrected chi connectivity index (χ0v) is 11.7. The summed E-state index contributed by atoms with van der Waals surface area (Å²) in [6.07, 6.45) is 4.21. The van der Waals surface area contributed by atoms with E-state index in [0.717, 1.165) is 19.3 Å². The summed E-state index contributed by atoms with van der Waals surface area (Å²) < 4.78 is 5.25. The van der Waals surface area contributed by atoms with Gasteiger partial charge in [-0.15, -0.1) is 11.6 Å². The summed E-state index contributed by atoms with van der Waals surface area (Å²) in [7, 11) is 0. The van der Waals surface area contributed by atoms with Gasteiger partial charge in [0.25, 0.3) is 0 Å². The quantitative estimate of drug-likeness (QED) is 0.565. The Hall–Kier alpha value is -0.280. The Morgan fingerprint density at radius 3 is 2.82 bits per heavy atom. The lowest BCUT2D eigenvalue weighted by molar-refractivity contribution is -0.127. The van der Waals surface area contributed by atoms with Crippen LogP contribution in [0.2, 0.25) is 0 Å². The van der Waals surface area contributed by atoms with Gasteiger partial charge in [0, 0.05) is 24.9 Å². The molecule has 0 aromatic carbocycles. The summed E-state index contributed by atoms with van der Waals surface area (Å²) in [5.74, 6) is 0.930. The number of hydrogen-bond acceptors (Lipinski definition) is 2. The molecule has 3 nitrogen and oxygen atoms in total. The van der Waals surface area contributed by atoms with Crippen molar-refractivity contribution in [3.05, 3.63) is 0 Å². The van der Waals surface area contributed by atoms with Crippen molar-refractivity contribution in [2.45, 2.75) is 39.5 Å². The Labute approximate surface area is 109 Å². The van der Waals surface area contributed by atoms with Crippen LogP contribution in [0.25, 0.3) is 0 Å². The largest absolute Gasteiger partial charge is 0.380 e. The van der Waals surface area contributed by atoms with Crippen LogP contribution in [0.4, 0.5) is 0 Å². The Morgan fingerprint density at radius 1 is 1.47 bits per heavy atom. The second kappa shape index (κ2) is 7.22. The van der Waals surface area contributed by atoms with E-state index in [0.29, 0.717) is 25.6 Å². The van der Waals surface area contributed by atoms with E-state index in [-0.39, 0.29) is 17.2 Å². The fourth-order valence-corrected chi connectivity index (χ4v) is 2.59. The summed E-state index contributed by atoms with van der Waals surface area (Å²) >= 11 is 5.49. The number of carbonyl (C=O) groups excluding carboxylic acids is 1. The molecule has 0 spiro atoms. The third-order valence-corrected chi connectivity index (χ3v) is 3.71. The molecular formula is C13H24ClNO2. The van der Waals surface area contributed by atoms with E-state index in [4.69, 9.17) is 16.3 Å². The van der Waals surface area contributed by atoms with E-state index < -0.39 is 0 Å². The van der Waals surface area contributed by atoms with Crippen LogP contribution in [0, 0.1) is 11.3 Å². The molecule has 0 aromatic rings. The van der Waals surface area contributed by atoms with E-state index in [1.807, 2.05) is 0 Å². The monoisotopic (exact) mass is 261 g/mol. The lowest BCUT2D eigenvalue weighted by atomic mass is 9.81. The second-order valence-corrected chi connectivity index (χ2v) is 5.76. The van der Waals surface area contributed by atoms with Gasteiger partial charge in [0.15, 0.2) is 0 Å². The minimum absolute atomic E-state index is 0.166. The van der Waals surface area contributed by atoms with Crippen molar-refractivity contribution in [3.63, 3.8) is 0 Å². The molecule has 1 rings (SSSR count). The molecule has 1 atom stereocenters. The zero-order valence-electron chi connectivity index (χ0n) is 10.9. The van der Waals surface area contributed by atoms with Gasteiger partial charge in [0.05, 0.1) is 6.61 Å². The Bertz CT molecular complexity index is 244. The van der Waals surface area contributed by atoms with Crippen LogP contribution in [-0.4, -0.2) is 31.5 Å². The van der Waals surface area contributed by atoms with Crippen LogP contribution in [-0.2, 0) is 9.53 Å². The predicted octanol–water partition coefficient (Wildman–Crippen LogP) is 2.57. The van der Waals surface area contributed by atoms with Crippen LogP contribution in [0.15, 0.2) is 0 Å². The topological polar surface area (TPSA) is 38.3 Å². The molecule has 1 N–H and O–H groups in total. The predicted molar refractivity (Wildman–Crippen MR) is 70.3 cm³/mol. The van der Waals surface area contributed by atoms with Crippen LogP contribution >= 0.6 is 11.6 Å². The van der Waals surface area contributed by atoms with E-state index in [9.17, 15) is 4.79 Å². The maximum absolute atomic E-state index is 12.0. The van der Waals surface area contributed by atoms with Crippen LogP contribution in [0.5, 0.6) is 0 Å². The van der Waals surface area contributed by atoms with E-state index in [1.165, 1.54) is 6.42 Å². The van der Waals surface area contributed by atoms with Gasteiger partial charge in [-0.25, -0.2) is 0 Å². The average molecular weight is 262 g/mol. The van der Waals surface area contributed by atoms with Gasteiger partial charge in [-0.05, 0) is 24.7 Å². The Balaban J connectivity index is 2.13. The summed E-state index contributed by atoms with van der Waals surface area (Å²) in [6.45, 7) is 6.33. The van der Waals surface area contributed by atoms with Crippen molar-refractivity contribution in [1.29, 1.82) is 0 Å². The van der Waals surface area contributed by atoms with Gasteiger partial charge in [0.1, 0.15) is 0 Å². The van der Waals surface area contributed by atoms with Crippen LogP contribution in [0.1, 0.15) is 39.5 Å². The standard InChI is InChI=1S/C13H24ClNO2/c1-13(2)6-3-5-11(13)12(16)15-8-4-9-17-10-7-14/h11H,3-10H2,1-2H3,(H,15,16). The number of alkyl halides is 1. The molecular weight excluding hydrogens is 238 g/mol. The molecule has 1 amide bonds. The average Bonchev–Trinajstić information content (AvgIpc) is 2.63. The highest BCUT2D eigenvalue weighted by Crippen LogP contribution is 2.42. The van der Waals surface area contributed by atoms with Gasteiger partial charge in [-0.1, -0.05) is 20.3 Å². The number of rotatable bonds is 7. The minimum Gasteiger partial charge on any atom is -0.380 e. The van der Waals surface area contributed by atoms with E-state index in [1.54, 1.807) is 0 Å². The molecule has 0 saturated heterocycles. The van der Waals surface area contributed by atoms with Crippen LogP contribution < -0.4 is 5.32 Å². The highest BCUT2D eigenvalue weighted by Gasteiger charge is 2.38. The minimum atomic E-state index is 0.166. The maximum atomic E-state index is 12.0. The first-order valence-corrected chi connectivity index (χ1v) is 7.03. The van der Waals surface area contributed by atoms with Crippen molar-refractivity contribution in [3.8, 4) is 0 Å². The summed E-state index contributed by atoms with van der Waals surface area (Å²) in [6, 6.07) is 0. The van der Waals surface area contributed by atoms with Gasteiger partial charge in [0.2, 0.25) is 5.91 Å². The second-order valence-electron chi connectivity index (χ2n) is 5.38. The summed E-state index contributed by atoms with van der Waals surface area (Å²) in [4.78, 5) is 12.0. The molecule has 100 valence electrons. The molecule has 0 heterocycles. The summed E-state index contributed by atoms with van der Waals surface area (Å²) in [5.41, 5.74) is 0.166. The normalized spacial score (nSPS) is 22.6. The smallest absolute Gasteiger partial charge is 0.223 e. The van der Waals surface area contributed by atoms with E-state index >= 15 is 0 Å². The fraction of sp³-hybridized carbons (Fsp3) is 0.923. The van der Waals surface area contributed by atoms with Gasteiger partial charge in [-0.3, -0.25) is 4.79 Å². The molecule has 0 aliphatic heterocycles. The highest BCUT2D eigenvalue weighted by molar-refractivity contribution is 6.17. The fourth-order valence-electron chi connectivity index (χ4n) is 2.48. The molecule has 1 saturated carbocycles. The van der Waals surface area contributed by atoms with Crippen LogP contribution in [0.3, 0.4) is 0 Å². The third-order valence-electron chi connectivity index (χ3n) is 3.56. The lowest BCUT2D eigenvalue weighted by Gasteiger charge is -2.25. The first kappa shape index (κ1) is 14.8. The maximum Gasteiger partial charge on any atom is 0.223 e. The number of ether oxygens (including phenoxy) is 1. The molecule has 1 aliphatic carbocycles. The first-order chi connectivity index (χ1) is 8.08. The number of hydrogen-bond donors (Lipinski definition) is 1. The van der Waals surface area contributed by atoms with Crippen molar-refractivity contribution in [1.82, 2.24) is 5.32 Å². The number of amides is 1. The van der Waals surface area contributed by atoms with Gasteiger partial charge in [-0.2, -0.15) is 0 Å². The SMILES string of the molecule is CC1(C)CCCC1C(=O)NCCCOCCCl. The molecule has 17 heavy (non-hydrogen) atoms. The molecule has 1 fully saturated rings. The summed E-state index contributed by atoms with van der Waals surface area (Å²) in [5, 5.41) is 3.01. The zero-order chi connectivity index (χ0) is 12.7. The van der Waals surface area contributed by atoms with Crippen molar-refractivity contribution < 1.29 is 9.53 Å². The van der Waals surface area contributed by atoms with Crippen molar-refractivity contribution >= 4 is 17.5 Å². The molecule has 1 unspecified atom stereocenters. The molecule has 1 aliphatic rings. The Kier molecular flexibility index (Phi) is 6.28. The third kappa shape index (κ3) is 4.84. The van der Waals surface area contributed by atoms with E-state index in [2.05, 4.69) is 19.2 Å². The number of carbonyl (C=O) groups is 1. The first-order valence-electron chi connectivity index (χ1n) is 6.49. The molecule has 4 heteroatoms. The molecule has 0 bridgehead atoms. The van der Waals surface area contributed by atoms with Gasteiger partial charge < -0.3 is 10.1 Å². The van der Waals surface area contributed by atoms with Crippen molar-refractivity contribution in [2.75, 3.05) is 25.6 Å². The lowest BCUT2D eigenvalue weighted by Crippen LogP contribution is -2.36. The molecule has 0 radical (unpaired) electrons. The molecule has 0 aromatic heterocycles. The van der Waals surface area contributed by atoms with Crippen molar-refractivity contribution in [2.24, 2.45) is 11.3 Å². The number of nitrogens with one attached hydrogen (secondary N) is 1. The highest BCUT2D eigenvalue weighted by atomic mass is 35.5. The van der Waals surface area contributed by atoms with Gasteiger partial charge >= 0.3 is 0 Å². The number of halogens is 1.